The van der Waals surface area contributed by atoms with Gasteiger partial charge >= 0.3 is 35.9 Å². The van der Waals surface area contributed by atoms with Crippen molar-refractivity contribution < 1.29 is 62.2 Å². The van der Waals surface area contributed by atoms with Crippen LogP contribution in [-0.2, 0) is 21.3 Å². The minimum atomic E-state index is -6.38. The fourth-order valence-corrected chi connectivity index (χ4v) is 2.84. The summed E-state index contributed by atoms with van der Waals surface area (Å²) in [6, 6.07) is -0.431. The monoisotopic (exact) mass is 564 g/mol. The summed E-state index contributed by atoms with van der Waals surface area (Å²) in [4.78, 5) is 0. The van der Waals surface area contributed by atoms with Crippen molar-refractivity contribution in [2.45, 2.75) is 35.9 Å². The summed E-state index contributed by atoms with van der Waals surface area (Å²) >= 11 is 0.978. The predicted octanol–water partition coefficient (Wildman–Crippen LogP) is 6.22. The smallest absolute Gasteiger partial charge is 0.337 e. The molecule has 0 spiro atoms. The molecule has 15 heteroatoms. The molecule has 0 saturated carbocycles. The molecule has 0 fully saturated rings. The topological polar surface area (TPSA) is 18.5 Å². The van der Waals surface area contributed by atoms with Gasteiger partial charge in [-0.15, -0.1) is 0 Å². The lowest BCUT2D eigenvalue weighted by molar-refractivity contribution is -0.399. The molecule has 2 atom stereocenters. The molecule has 0 aliphatic carbocycles. The highest BCUT2D eigenvalue weighted by Crippen LogP contribution is 2.54. The van der Waals surface area contributed by atoms with Crippen molar-refractivity contribution in [3.63, 3.8) is 0 Å². The third-order valence-corrected chi connectivity index (χ3v) is 4.35. The number of benzene rings is 1. The lowest BCUT2D eigenvalue weighted by atomic mass is 9.94. The van der Waals surface area contributed by atoms with Crippen molar-refractivity contribution in [1.82, 2.24) is 0 Å². The van der Waals surface area contributed by atoms with E-state index in [-0.39, 0.29) is 26.4 Å². The van der Waals surface area contributed by atoms with Crippen LogP contribution in [0.5, 0.6) is 0 Å². The molecule has 0 radical (unpaired) electrons. The Morgan fingerprint density at radius 1 is 0.586 bits per heavy atom. The maximum atomic E-state index is 14.2. The number of methoxy groups -OCH3 is 2. The van der Waals surface area contributed by atoms with Crippen molar-refractivity contribution in [2.75, 3.05) is 14.2 Å². The highest BCUT2D eigenvalue weighted by molar-refractivity contribution is 14.1. The molecular weight excluding hydrogens is 555 g/mol. The number of rotatable bonds is 6. The number of hydrogen-bond acceptors (Lipinski definition) is 2. The molecule has 0 heterocycles. The van der Waals surface area contributed by atoms with Gasteiger partial charge < -0.3 is 9.47 Å². The second kappa shape index (κ2) is 7.62. The van der Waals surface area contributed by atoms with Gasteiger partial charge in [0.2, 0.25) is 0 Å². The van der Waals surface area contributed by atoms with Gasteiger partial charge in [-0.2, -0.15) is 52.7 Å². The van der Waals surface area contributed by atoms with Crippen molar-refractivity contribution >= 4 is 22.6 Å². The molecule has 0 bridgehead atoms. The van der Waals surface area contributed by atoms with Gasteiger partial charge in [0, 0.05) is 28.9 Å². The first-order valence-corrected chi connectivity index (χ1v) is 7.99. The van der Waals surface area contributed by atoms with E-state index in [2.05, 4.69) is 9.47 Å². The van der Waals surface area contributed by atoms with Gasteiger partial charge in [0.15, 0.2) is 0 Å². The van der Waals surface area contributed by atoms with Crippen molar-refractivity contribution in [3.8, 4) is 0 Å². The highest BCUT2D eigenvalue weighted by atomic mass is 127. The summed E-state index contributed by atoms with van der Waals surface area (Å²) in [5, 5.41) is 0. The van der Waals surface area contributed by atoms with Gasteiger partial charge in [0.1, 0.15) is 0 Å². The second-order valence-electron chi connectivity index (χ2n) is 5.47. The van der Waals surface area contributed by atoms with Gasteiger partial charge in [0.25, 0.3) is 0 Å². The second-order valence-corrected chi connectivity index (χ2v) is 6.72. The molecule has 0 saturated heterocycles. The van der Waals surface area contributed by atoms with Crippen LogP contribution in [0.25, 0.3) is 0 Å². The highest BCUT2D eigenvalue weighted by Gasteiger charge is 2.75. The van der Waals surface area contributed by atoms with E-state index in [0.29, 0.717) is 0 Å². The molecule has 168 valence electrons. The lowest BCUT2D eigenvalue weighted by Crippen LogP contribution is -2.56. The largest absolute Gasteiger partial charge is 0.455 e. The molecular formula is C14H9F12IO2. The number of halogens is 13. The van der Waals surface area contributed by atoms with Gasteiger partial charge in [-0.1, -0.05) is 0 Å². The Hall–Kier alpha value is -0.970. The average molecular weight is 564 g/mol. The lowest BCUT2D eigenvalue weighted by Gasteiger charge is -2.35. The Bertz CT molecular complexity index is 689. The van der Waals surface area contributed by atoms with Crippen LogP contribution in [0.1, 0.15) is 11.1 Å². The third kappa shape index (κ3) is 4.00. The Morgan fingerprint density at radius 3 is 1.07 bits per heavy atom. The summed E-state index contributed by atoms with van der Waals surface area (Å²) < 4.78 is 167. The first-order chi connectivity index (χ1) is 12.7. The van der Waals surface area contributed by atoms with Crippen molar-refractivity contribution in [2.24, 2.45) is 0 Å². The number of hydrogen-bond donors (Lipinski definition) is 0. The van der Waals surface area contributed by atoms with Crippen LogP contribution < -0.4 is 0 Å². The van der Waals surface area contributed by atoms with Crippen LogP contribution >= 0.6 is 22.6 Å². The van der Waals surface area contributed by atoms with Gasteiger partial charge in [0.05, 0.1) is 0 Å². The fraction of sp³-hybridized carbons (Fsp3) is 0.571. The molecule has 0 amide bonds. The van der Waals surface area contributed by atoms with Gasteiger partial charge in [-0.05, 0) is 40.8 Å². The number of alkyl halides is 12. The van der Waals surface area contributed by atoms with E-state index in [1.54, 1.807) is 0 Å². The Labute approximate surface area is 168 Å². The third-order valence-electron chi connectivity index (χ3n) is 3.72. The Morgan fingerprint density at radius 2 is 0.862 bits per heavy atom. The Kier molecular flexibility index (Phi) is 6.85. The molecule has 0 aromatic heterocycles. The van der Waals surface area contributed by atoms with Crippen LogP contribution in [-0.4, -0.2) is 38.3 Å². The maximum absolute atomic E-state index is 14.2. The number of ether oxygens (including phenoxy) is 2. The van der Waals surface area contributed by atoms with E-state index in [4.69, 9.17) is 0 Å². The quantitative estimate of drug-likeness (QED) is 0.302. The minimum absolute atomic E-state index is 0.0829. The molecule has 1 rings (SSSR count). The van der Waals surface area contributed by atoms with E-state index >= 15 is 0 Å². The van der Waals surface area contributed by atoms with Crippen molar-refractivity contribution in [3.05, 3.63) is 32.9 Å². The summed E-state index contributed by atoms with van der Waals surface area (Å²) in [6.07, 6.45) is -12.8. The van der Waals surface area contributed by atoms with Crippen LogP contribution in [0.2, 0.25) is 0 Å². The molecule has 0 N–H and O–H groups in total. The Balaban J connectivity index is 3.76. The molecule has 2 unspecified atom stereocenters. The van der Waals surface area contributed by atoms with Gasteiger partial charge in [-0.25, -0.2) is 0 Å². The summed E-state index contributed by atoms with van der Waals surface area (Å²) in [5.74, 6) is -22.9. The van der Waals surface area contributed by atoms with E-state index in [0.717, 1.165) is 22.6 Å². The normalized spacial score (nSPS) is 18.3. The molecule has 0 aliphatic rings. The fourth-order valence-electron chi connectivity index (χ4n) is 2.17. The molecule has 2 nitrogen and oxygen atoms in total. The average Bonchev–Trinajstić information content (AvgIpc) is 2.57. The molecule has 29 heavy (non-hydrogen) atoms. The zero-order valence-electron chi connectivity index (χ0n) is 14.0. The molecule has 0 aliphatic heterocycles. The van der Waals surface area contributed by atoms with E-state index in [1.807, 2.05) is 0 Å². The molecule has 1 aromatic rings. The zero-order chi connectivity index (χ0) is 23.3. The van der Waals surface area contributed by atoms with E-state index < -0.39 is 56.7 Å². The van der Waals surface area contributed by atoms with Crippen LogP contribution in [0.4, 0.5) is 52.7 Å². The first kappa shape index (κ1) is 26.1. The summed E-state index contributed by atoms with van der Waals surface area (Å²) in [5.41, 5.74) is -4.28. The van der Waals surface area contributed by atoms with E-state index in [9.17, 15) is 52.7 Å². The zero-order valence-corrected chi connectivity index (χ0v) is 16.1. The summed E-state index contributed by atoms with van der Waals surface area (Å²) in [7, 11) is -0.183. The predicted molar refractivity (Wildman–Crippen MR) is 80.8 cm³/mol. The van der Waals surface area contributed by atoms with Crippen molar-refractivity contribution in [1.29, 1.82) is 0 Å². The van der Waals surface area contributed by atoms with E-state index in [1.165, 1.54) is 0 Å². The first-order valence-electron chi connectivity index (χ1n) is 6.91. The van der Waals surface area contributed by atoms with Crippen LogP contribution in [0, 0.1) is 3.57 Å². The van der Waals surface area contributed by atoms with Gasteiger partial charge in [-0.3, -0.25) is 0 Å². The molecule has 1 aromatic carbocycles. The van der Waals surface area contributed by atoms with Crippen LogP contribution in [0.15, 0.2) is 18.2 Å². The SMILES string of the molecule is COC(F)(C(F)(F)F)C(F)(F)c1cc(I)cc(C(F)(F)C(F)(OC)C(F)(F)F)c1. The van der Waals surface area contributed by atoms with Crippen LogP contribution in [0.3, 0.4) is 0 Å². The summed E-state index contributed by atoms with van der Waals surface area (Å²) in [6.45, 7) is 0. The standard InChI is InChI=1S/C14H9F12IO2/c1-28-11(19,13(21,22)23)9(15,16)6-3-7(5-8(27)4-6)10(17,18)12(20,29-2)14(24,25)26/h3-5H,1-2H3. The minimum Gasteiger partial charge on any atom is -0.337 e. The maximum Gasteiger partial charge on any atom is 0.455 e.